The van der Waals surface area contributed by atoms with Crippen molar-refractivity contribution in [1.29, 1.82) is 0 Å². The third-order valence-corrected chi connectivity index (χ3v) is 5.63. The highest BCUT2D eigenvalue weighted by Gasteiger charge is 2.24. The van der Waals surface area contributed by atoms with Crippen LogP contribution in [0.5, 0.6) is 0 Å². The van der Waals surface area contributed by atoms with Crippen LogP contribution in [0.4, 0.5) is 0 Å². The first kappa shape index (κ1) is 13.5. The summed E-state index contributed by atoms with van der Waals surface area (Å²) in [6.07, 6.45) is 3.97. The van der Waals surface area contributed by atoms with Gasteiger partial charge in [-0.05, 0) is 65.6 Å². The van der Waals surface area contributed by atoms with E-state index in [9.17, 15) is 0 Å². The number of likely N-dealkylation sites (tertiary alicyclic amines) is 1. The van der Waals surface area contributed by atoms with Crippen LogP contribution in [0.25, 0.3) is 0 Å². The third kappa shape index (κ3) is 3.31. The van der Waals surface area contributed by atoms with Gasteiger partial charge in [-0.1, -0.05) is 6.92 Å². The lowest BCUT2D eigenvalue weighted by Crippen LogP contribution is -2.34. The molecule has 2 atom stereocenters. The molecule has 0 spiro atoms. The van der Waals surface area contributed by atoms with Gasteiger partial charge >= 0.3 is 0 Å². The second-order valence-electron chi connectivity index (χ2n) is 4.96. The summed E-state index contributed by atoms with van der Waals surface area (Å²) in [5.74, 6) is 0.866. The summed E-state index contributed by atoms with van der Waals surface area (Å²) in [7, 11) is 0. The molecule has 1 aromatic heterocycles. The summed E-state index contributed by atoms with van der Waals surface area (Å²) in [5.41, 5.74) is 5.99. The van der Waals surface area contributed by atoms with E-state index in [0.717, 1.165) is 5.92 Å². The van der Waals surface area contributed by atoms with Gasteiger partial charge < -0.3 is 5.73 Å². The van der Waals surface area contributed by atoms with Crippen molar-refractivity contribution in [3.05, 3.63) is 20.8 Å². The summed E-state index contributed by atoms with van der Waals surface area (Å²) < 4.78 is 1.22. The minimum absolute atomic E-state index is 0.398. The fourth-order valence-corrected chi connectivity index (χ4v) is 4.35. The summed E-state index contributed by atoms with van der Waals surface area (Å²) in [4.78, 5) is 3.96. The molecule has 1 aromatic rings. The Hall–Kier alpha value is 0.100. The van der Waals surface area contributed by atoms with Crippen molar-refractivity contribution in [3.63, 3.8) is 0 Å². The second-order valence-corrected chi connectivity index (χ2v) is 6.76. The largest absolute Gasteiger partial charge is 0.329 e. The smallest absolute Gasteiger partial charge is 0.0575 e. The topological polar surface area (TPSA) is 29.3 Å². The molecule has 1 aliphatic rings. The first-order chi connectivity index (χ1) is 8.22. The van der Waals surface area contributed by atoms with Crippen LogP contribution in [0.2, 0.25) is 0 Å². The van der Waals surface area contributed by atoms with Crippen LogP contribution in [0.1, 0.15) is 37.1 Å². The van der Waals surface area contributed by atoms with Crippen molar-refractivity contribution < 1.29 is 0 Å². The van der Waals surface area contributed by atoms with Gasteiger partial charge in [-0.2, -0.15) is 0 Å². The predicted molar refractivity (Wildman–Crippen MR) is 78.4 cm³/mol. The van der Waals surface area contributed by atoms with E-state index in [2.05, 4.69) is 39.2 Å². The van der Waals surface area contributed by atoms with Crippen LogP contribution in [-0.2, 0) is 0 Å². The zero-order chi connectivity index (χ0) is 12.3. The molecule has 0 saturated carbocycles. The molecule has 1 saturated heterocycles. The fraction of sp³-hybridized carbons (Fsp3) is 0.692. The van der Waals surface area contributed by atoms with Crippen molar-refractivity contribution in [2.45, 2.75) is 32.2 Å². The highest BCUT2D eigenvalue weighted by molar-refractivity contribution is 9.10. The van der Waals surface area contributed by atoms with E-state index in [4.69, 9.17) is 5.73 Å². The van der Waals surface area contributed by atoms with Crippen LogP contribution < -0.4 is 5.73 Å². The normalized spacial score (nSPS) is 24.5. The van der Waals surface area contributed by atoms with Gasteiger partial charge in [0, 0.05) is 15.9 Å². The van der Waals surface area contributed by atoms with Crippen molar-refractivity contribution in [3.8, 4) is 0 Å². The molecular weight excluding hydrogens is 296 g/mol. The lowest BCUT2D eigenvalue weighted by Gasteiger charge is -2.29. The minimum Gasteiger partial charge on any atom is -0.329 e. The number of thiophene rings is 1. The Labute approximate surface area is 116 Å². The van der Waals surface area contributed by atoms with E-state index < -0.39 is 0 Å². The molecular formula is C13H21BrN2S. The molecule has 2 rings (SSSR count). The molecule has 2 unspecified atom stereocenters. The molecule has 1 fully saturated rings. The van der Waals surface area contributed by atoms with Crippen LogP contribution in [0.3, 0.4) is 0 Å². The quantitative estimate of drug-likeness (QED) is 0.922. The Morgan fingerprint density at radius 2 is 2.35 bits per heavy atom. The van der Waals surface area contributed by atoms with E-state index >= 15 is 0 Å². The van der Waals surface area contributed by atoms with E-state index in [1.54, 1.807) is 0 Å². The zero-order valence-corrected chi connectivity index (χ0v) is 12.8. The van der Waals surface area contributed by atoms with Gasteiger partial charge in [0.1, 0.15) is 0 Å². The third-order valence-electron chi connectivity index (χ3n) is 3.66. The number of hydrogen-bond donors (Lipinski definition) is 1. The molecule has 0 radical (unpaired) electrons. The molecule has 2 nitrogen and oxygen atoms in total. The Bertz CT molecular complexity index is 353. The molecule has 2 heterocycles. The first-order valence-corrected chi connectivity index (χ1v) is 8.06. The maximum absolute atomic E-state index is 5.99. The van der Waals surface area contributed by atoms with Gasteiger partial charge in [0.25, 0.3) is 0 Å². The Morgan fingerprint density at radius 1 is 1.53 bits per heavy atom. The minimum atomic E-state index is 0.398. The van der Waals surface area contributed by atoms with Gasteiger partial charge in [-0.3, -0.25) is 4.90 Å². The summed E-state index contributed by atoms with van der Waals surface area (Å²) in [6.45, 7) is 5.46. The Kier molecular flexibility index (Phi) is 5.03. The highest BCUT2D eigenvalue weighted by Crippen LogP contribution is 2.33. The summed E-state index contributed by atoms with van der Waals surface area (Å²) in [6, 6.07) is 2.53. The summed E-state index contributed by atoms with van der Waals surface area (Å²) in [5, 5.41) is 2.14. The molecule has 4 heteroatoms. The maximum Gasteiger partial charge on any atom is 0.0575 e. The molecule has 0 aromatic carbocycles. The molecule has 2 N–H and O–H groups in total. The van der Waals surface area contributed by atoms with Crippen molar-refractivity contribution in [1.82, 2.24) is 4.90 Å². The molecule has 1 aliphatic heterocycles. The maximum atomic E-state index is 5.99. The van der Waals surface area contributed by atoms with Crippen LogP contribution in [-0.4, -0.2) is 24.5 Å². The fourth-order valence-electron chi connectivity index (χ4n) is 2.56. The number of rotatable bonds is 3. The van der Waals surface area contributed by atoms with Gasteiger partial charge in [-0.25, -0.2) is 0 Å². The van der Waals surface area contributed by atoms with Crippen LogP contribution in [0, 0.1) is 5.92 Å². The van der Waals surface area contributed by atoms with Crippen molar-refractivity contribution in [2.75, 3.05) is 19.6 Å². The number of nitrogens with two attached hydrogens (primary N) is 1. The molecule has 0 bridgehead atoms. The first-order valence-electron chi connectivity index (χ1n) is 6.39. The standard InChI is InChI=1S/C13H21BrN2S/c1-10-3-2-6-16(7-4-10)12(9-15)13-11(14)5-8-17-13/h5,8,10,12H,2-4,6-7,9,15H2,1H3. The molecule has 96 valence electrons. The predicted octanol–water partition coefficient (Wildman–Crippen LogP) is 3.63. The van der Waals surface area contributed by atoms with Crippen molar-refractivity contribution in [2.24, 2.45) is 11.7 Å². The van der Waals surface area contributed by atoms with Gasteiger partial charge in [0.2, 0.25) is 0 Å². The Balaban J connectivity index is 2.10. The Morgan fingerprint density at radius 3 is 3.00 bits per heavy atom. The van der Waals surface area contributed by atoms with Gasteiger partial charge in [-0.15, -0.1) is 11.3 Å². The lowest BCUT2D eigenvalue weighted by atomic mass is 10.0. The van der Waals surface area contributed by atoms with E-state index in [-0.39, 0.29) is 0 Å². The number of nitrogens with zero attached hydrogens (tertiary/aromatic N) is 1. The average Bonchev–Trinajstić information content (AvgIpc) is 2.60. The number of hydrogen-bond acceptors (Lipinski definition) is 3. The van der Waals surface area contributed by atoms with E-state index in [1.165, 1.54) is 41.7 Å². The van der Waals surface area contributed by atoms with Gasteiger partial charge in [0.15, 0.2) is 0 Å². The van der Waals surface area contributed by atoms with Crippen LogP contribution in [0.15, 0.2) is 15.9 Å². The highest BCUT2D eigenvalue weighted by atomic mass is 79.9. The van der Waals surface area contributed by atoms with Crippen molar-refractivity contribution >= 4 is 27.3 Å². The SMILES string of the molecule is CC1CCCN(C(CN)c2sccc2Br)CC1. The van der Waals surface area contributed by atoms with E-state index in [0.29, 0.717) is 12.6 Å². The second kappa shape index (κ2) is 6.32. The molecule has 0 amide bonds. The lowest BCUT2D eigenvalue weighted by molar-refractivity contribution is 0.210. The van der Waals surface area contributed by atoms with E-state index in [1.807, 2.05) is 11.3 Å². The zero-order valence-electron chi connectivity index (χ0n) is 10.4. The summed E-state index contributed by atoms with van der Waals surface area (Å²) >= 11 is 5.45. The molecule has 17 heavy (non-hydrogen) atoms. The van der Waals surface area contributed by atoms with Gasteiger partial charge in [0.05, 0.1) is 6.04 Å². The van der Waals surface area contributed by atoms with Crippen LogP contribution >= 0.6 is 27.3 Å². The molecule has 0 aliphatic carbocycles. The average molecular weight is 317 g/mol. The monoisotopic (exact) mass is 316 g/mol. The number of halogens is 1.